The number of nitrogens with one attached hydrogen (secondary N) is 1. The molecular weight excluding hydrogens is 299 g/mol. The smallest absolute Gasteiger partial charge is 0.323 e. The number of carbonyl (C=O) groups is 1. The molecule has 0 radical (unpaired) electrons. The fraction of sp³-hybridized carbons (Fsp3) is 0.462. The number of carbonyl (C=O) groups excluding carboxylic acids is 1. The lowest BCUT2D eigenvalue weighted by atomic mass is 10.0. The van der Waals surface area contributed by atoms with Crippen LogP contribution in [0.1, 0.15) is 31.5 Å². The SMILES string of the molecule is C#CCCC1(CCC(=O)Nc2cnc(C(F)(F)F)nc2)N=N1. The number of amides is 1. The van der Waals surface area contributed by atoms with Crippen LogP contribution in [0.25, 0.3) is 0 Å². The van der Waals surface area contributed by atoms with E-state index >= 15 is 0 Å². The van der Waals surface area contributed by atoms with Crippen molar-refractivity contribution in [3.05, 3.63) is 18.2 Å². The van der Waals surface area contributed by atoms with Gasteiger partial charge in [0.25, 0.3) is 0 Å². The fourth-order valence-electron chi connectivity index (χ4n) is 1.74. The lowest BCUT2D eigenvalue weighted by Gasteiger charge is -2.09. The highest BCUT2D eigenvalue weighted by molar-refractivity contribution is 5.90. The largest absolute Gasteiger partial charge is 0.451 e. The number of hydrogen-bond donors (Lipinski definition) is 1. The number of hydrogen-bond acceptors (Lipinski definition) is 5. The van der Waals surface area contributed by atoms with E-state index in [1.165, 1.54) is 0 Å². The van der Waals surface area contributed by atoms with Crippen LogP contribution in [-0.2, 0) is 11.0 Å². The Labute approximate surface area is 124 Å². The molecular formula is C13H12F3N5O. The zero-order valence-electron chi connectivity index (χ0n) is 11.4. The van der Waals surface area contributed by atoms with Crippen LogP contribution in [0.5, 0.6) is 0 Å². The van der Waals surface area contributed by atoms with Crippen molar-refractivity contribution < 1.29 is 18.0 Å². The first-order valence-electron chi connectivity index (χ1n) is 6.41. The topological polar surface area (TPSA) is 79.6 Å². The fourth-order valence-corrected chi connectivity index (χ4v) is 1.74. The van der Waals surface area contributed by atoms with Crippen LogP contribution in [0.2, 0.25) is 0 Å². The average Bonchev–Trinajstić information content (AvgIpc) is 3.23. The first-order valence-corrected chi connectivity index (χ1v) is 6.41. The Hall–Kier alpha value is -2.50. The standard InChI is InChI=1S/C13H12F3N5O/c1-2-3-5-12(20-21-12)6-4-10(22)19-9-7-17-11(18-8-9)13(14,15)16/h1,7-8H,3-6H2,(H,19,22). The van der Waals surface area contributed by atoms with Gasteiger partial charge in [-0.3, -0.25) is 4.79 Å². The summed E-state index contributed by atoms with van der Waals surface area (Å²) in [6.45, 7) is 0. The van der Waals surface area contributed by atoms with Crippen LogP contribution in [0.4, 0.5) is 18.9 Å². The van der Waals surface area contributed by atoms with E-state index in [0.717, 1.165) is 12.4 Å². The molecule has 0 bridgehead atoms. The Balaban J connectivity index is 1.81. The predicted octanol–water partition coefficient (Wildman–Crippen LogP) is 2.79. The van der Waals surface area contributed by atoms with E-state index in [0.29, 0.717) is 19.3 Å². The molecule has 2 rings (SSSR count). The van der Waals surface area contributed by atoms with Crippen LogP contribution in [0.3, 0.4) is 0 Å². The molecule has 1 N–H and O–H groups in total. The van der Waals surface area contributed by atoms with E-state index < -0.39 is 17.7 Å². The van der Waals surface area contributed by atoms with E-state index in [9.17, 15) is 18.0 Å². The van der Waals surface area contributed by atoms with Gasteiger partial charge in [0.1, 0.15) is 0 Å². The number of terminal acetylenes is 1. The van der Waals surface area contributed by atoms with E-state index in [1.807, 2.05) is 0 Å². The van der Waals surface area contributed by atoms with E-state index in [4.69, 9.17) is 6.42 Å². The van der Waals surface area contributed by atoms with Gasteiger partial charge in [0.15, 0.2) is 5.66 Å². The normalized spacial score (nSPS) is 15.2. The Bertz CT molecular complexity index is 612. The summed E-state index contributed by atoms with van der Waals surface area (Å²) in [5.74, 6) is 0.850. The quantitative estimate of drug-likeness (QED) is 0.820. The molecule has 0 saturated carbocycles. The van der Waals surface area contributed by atoms with Gasteiger partial charge in [-0.05, 0) is 0 Å². The zero-order valence-corrected chi connectivity index (χ0v) is 11.4. The summed E-state index contributed by atoms with van der Waals surface area (Å²) in [4.78, 5) is 18.0. The number of rotatable bonds is 6. The Kier molecular flexibility index (Phi) is 4.40. The molecule has 1 aliphatic rings. The summed E-state index contributed by atoms with van der Waals surface area (Å²) >= 11 is 0. The Morgan fingerprint density at radius 2 is 1.91 bits per heavy atom. The molecule has 1 aliphatic heterocycles. The van der Waals surface area contributed by atoms with Gasteiger partial charge in [-0.25, -0.2) is 9.97 Å². The average molecular weight is 311 g/mol. The molecule has 1 amide bonds. The first kappa shape index (κ1) is 15.9. The number of anilines is 1. The number of halogens is 3. The minimum atomic E-state index is -4.61. The van der Waals surface area contributed by atoms with Crippen LogP contribution >= 0.6 is 0 Å². The number of aromatic nitrogens is 2. The third kappa shape index (κ3) is 4.25. The molecule has 116 valence electrons. The highest BCUT2D eigenvalue weighted by Gasteiger charge is 2.39. The zero-order chi connectivity index (χ0) is 16.2. The summed E-state index contributed by atoms with van der Waals surface area (Å²) in [5, 5.41) is 10.2. The van der Waals surface area contributed by atoms with Crippen molar-refractivity contribution in [2.24, 2.45) is 10.2 Å². The molecule has 0 aliphatic carbocycles. The molecule has 0 aromatic carbocycles. The minimum absolute atomic E-state index is 0.0975. The Morgan fingerprint density at radius 3 is 2.41 bits per heavy atom. The maximum atomic E-state index is 12.3. The van der Waals surface area contributed by atoms with Crippen molar-refractivity contribution in [2.75, 3.05) is 5.32 Å². The maximum Gasteiger partial charge on any atom is 0.451 e. The number of alkyl halides is 3. The van der Waals surface area contributed by atoms with Crippen LogP contribution in [-0.4, -0.2) is 21.5 Å². The van der Waals surface area contributed by atoms with Gasteiger partial charge >= 0.3 is 6.18 Å². The molecule has 0 saturated heterocycles. The highest BCUT2D eigenvalue weighted by Crippen LogP contribution is 2.37. The van der Waals surface area contributed by atoms with Gasteiger partial charge in [-0.1, -0.05) is 0 Å². The second-order valence-corrected chi connectivity index (χ2v) is 4.73. The molecule has 0 unspecified atom stereocenters. The summed E-state index contributed by atoms with van der Waals surface area (Å²) in [6.07, 6.45) is 4.00. The van der Waals surface area contributed by atoms with Crippen molar-refractivity contribution in [1.29, 1.82) is 0 Å². The molecule has 22 heavy (non-hydrogen) atoms. The molecule has 0 spiro atoms. The van der Waals surface area contributed by atoms with Gasteiger partial charge in [-0.2, -0.15) is 23.4 Å². The van der Waals surface area contributed by atoms with E-state index in [1.54, 1.807) is 0 Å². The lowest BCUT2D eigenvalue weighted by molar-refractivity contribution is -0.144. The molecule has 2 heterocycles. The Morgan fingerprint density at radius 1 is 1.27 bits per heavy atom. The molecule has 1 aromatic rings. The summed E-state index contributed by atoms with van der Waals surface area (Å²) in [7, 11) is 0. The van der Waals surface area contributed by atoms with Crippen LogP contribution < -0.4 is 5.32 Å². The van der Waals surface area contributed by atoms with Crippen molar-refractivity contribution in [2.45, 2.75) is 37.5 Å². The monoisotopic (exact) mass is 311 g/mol. The van der Waals surface area contributed by atoms with Crippen molar-refractivity contribution in [1.82, 2.24) is 9.97 Å². The van der Waals surface area contributed by atoms with E-state index in [-0.39, 0.29) is 18.0 Å². The molecule has 0 atom stereocenters. The first-order chi connectivity index (χ1) is 10.3. The van der Waals surface area contributed by atoms with Gasteiger partial charge in [0.2, 0.25) is 11.7 Å². The van der Waals surface area contributed by atoms with Gasteiger partial charge in [0.05, 0.1) is 18.1 Å². The van der Waals surface area contributed by atoms with Crippen molar-refractivity contribution >= 4 is 11.6 Å². The minimum Gasteiger partial charge on any atom is -0.323 e. The highest BCUT2D eigenvalue weighted by atomic mass is 19.4. The summed E-state index contributed by atoms with van der Waals surface area (Å²) < 4.78 is 36.9. The van der Waals surface area contributed by atoms with Gasteiger partial charge in [0, 0.05) is 25.7 Å². The molecule has 9 heteroatoms. The van der Waals surface area contributed by atoms with Crippen molar-refractivity contribution in [3.63, 3.8) is 0 Å². The van der Waals surface area contributed by atoms with Crippen LogP contribution in [0.15, 0.2) is 22.6 Å². The predicted molar refractivity (Wildman–Crippen MR) is 70.6 cm³/mol. The second kappa shape index (κ2) is 6.09. The summed E-state index contributed by atoms with van der Waals surface area (Å²) in [5.41, 5.74) is -0.472. The lowest BCUT2D eigenvalue weighted by Crippen LogP contribution is -2.18. The molecule has 0 fully saturated rings. The van der Waals surface area contributed by atoms with Gasteiger partial charge < -0.3 is 5.32 Å². The number of nitrogens with zero attached hydrogens (tertiary/aromatic N) is 4. The third-order valence-corrected chi connectivity index (χ3v) is 2.99. The maximum absolute atomic E-state index is 12.3. The summed E-state index contributed by atoms with van der Waals surface area (Å²) in [6, 6.07) is 0. The second-order valence-electron chi connectivity index (χ2n) is 4.73. The molecule has 1 aromatic heterocycles. The third-order valence-electron chi connectivity index (χ3n) is 2.99. The van der Waals surface area contributed by atoms with Gasteiger partial charge in [-0.15, -0.1) is 12.3 Å². The van der Waals surface area contributed by atoms with Crippen molar-refractivity contribution in [3.8, 4) is 12.3 Å². The van der Waals surface area contributed by atoms with Crippen LogP contribution in [0, 0.1) is 12.3 Å². The molecule has 6 nitrogen and oxygen atoms in total. The van der Waals surface area contributed by atoms with E-state index in [2.05, 4.69) is 31.4 Å².